The number of amides is 1. The minimum atomic E-state index is -2.76. The van der Waals surface area contributed by atoms with E-state index in [0.717, 1.165) is 11.1 Å². The first kappa shape index (κ1) is 29.3. The molecule has 42 heavy (non-hydrogen) atoms. The molecule has 0 heterocycles. The van der Waals surface area contributed by atoms with Crippen molar-refractivity contribution < 1.29 is 34.2 Å². The van der Waals surface area contributed by atoms with Gasteiger partial charge in [0.25, 0.3) is 0 Å². The van der Waals surface area contributed by atoms with Gasteiger partial charge in [-0.2, -0.15) is 0 Å². The Morgan fingerprint density at radius 1 is 1.07 bits per heavy atom. The number of aliphatic hydroxyl groups is 1. The summed E-state index contributed by atoms with van der Waals surface area (Å²) in [5.74, 6) is -10.7. The molecule has 3 aliphatic carbocycles. The molecule has 6 atom stereocenters. The van der Waals surface area contributed by atoms with Gasteiger partial charge in [-0.25, -0.2) is 0 Å². The van der Waals surface area contributed by atoms with Crippen molar-refractivity contribution in [2.45, 2.75) is 31.4 Å². The summed E-state index contributed by atoms with van der Waals surface area (Å²) in [6.07, 6.45) is 0.193. The number of aromatic hydroxyl groups is 1. The highest BCUT2D eigenvalue weighted by atomic mass is 16.3. The van der Waals surface area contributed by atoms with Crippen LogP contribution in [0.1, 0.15) is 34.8 Å². The number of carbonyl (C=O) groups excluding carboxylic acids is 5. The van der Waals surface area contributed by atoms with Gasteiger partial charge >= 0.3 is 0 Å². The highest BCUT2D eigenvalue weighted by Crippen LogP contribution is 2.53. The number of nitrogens with zero attached hydrogens (tertiary/aromatic N) is 2. The highest BCUT2D eigenvalue weighted by Gasteiger charge is 2.69. The first-order valence-electron chi connectivity index (χ1n) is 13.8. The third-order valence-corrected chi connectivity index (χ3v) is 9.19. The Morgan fingerprint density at radius 3 is 2.31 bits per heavy atom. The second-order valence-electron chi connectivity index (χ2n) is 12.2. The standard InChI is InChI=1S/C32H35N3O7/c1-14(2)15-8-7-9-16(10-15)18-13-21(34(3)4)19-11-17-12-20-25(35(5)6)28(38)24(31(33)41)30(40)32(20,42)29(39)22(17)27(37)23(19)26(18)36/h7-10,13,17,20,22,24-25,36,42H,1,11-12H2,2-6H3,(H2,33,41)/t17-,20-,22?,24?,25-,32-/m1/s1. The third kappa shape index (κ3) is 4.04. The molecule has 0 saturated heterocycles. The van der Waals surface area contributed by atoms with Crippen LogP contribution in [0.15, 0.2) is 36.9 Å². The number of benzene rings is 2. The Morgan fingerprint density at radius 2 is 1.74 bits per heavy atom. The monoisotopic (exact) mass is 573 g/mol. The van der Waals surface area contributed by atoms with Gasteiger partial charge in [-0.05, 0) is 68.6 Å². The van der Waals surface area contributed by atoms with Crippen LogP contribution in [0.4, 0.5) is 5.69 Å². The number of primary amides is 1. The van der Waals surface area contributed by atoms with E-state index in [9.17, 15) is 34.2 Å². The molecule has 2 unspecified atom stereocenters. The maximum Gasteiger partial charge on any atom is 0.235 e. The smallest absolute Gasteiger partial charge is 0.235 e. The third-order valence-electron chi connectivity index (χ3n) is 9.19. The normalized spacial score (nSPS) is 28.7. The van der Waals surface area contributed by atoms with E-state index in [1.807, 2.05) is 44.1 Å². The second kappa shape index (κ2) is 9.99. The number of hydrogen-bond donors (Lipinski definition) is 3. The Bertz CT molecular complexity index is 1590. The highest BCUT2D eigenvalue weighted by molar-refractivity contribution is 6.32. The van der Waals surface area contributed by atoms with Crippen LogP contribution < -0.4 is 10.6 Å². The Balaban J connectivity index is 1.69. The topological polar surface area (TPSA) is 158 Å². The van der Waals surface area contributed by atoms with Gasteiger partial charge in [0.1, 0.15) is 5.75 Å². The minimum Gasteiger partial charge on any atom is -0.507 e. The van der Waals surface area contributed by atoms with Gasteiger partial charge in [0.15, 0.2) is 34.7 Å². The predicted octanol–water partition coefficient (Wildman–Crippen LogP) is 1.63. The summed E-state index contributed by atoms with van der Waals surface area (Å²) in [5, 5.41) is 23.4. The average Bonchev–Trinajstić information content (AvgIpc) is 2.90. The quantitative estimate of drug-likeness (QED) is 0.452. The molecule has 2 fully saturated rings. The second-order valence-corrected chi connectivity index (χ2v) is 12.2. The van der Waals surface area contributed by atoms with Gasteiger partial charge in [0, 0.05) is 31.3 Å². The first-order chi connectivity index (χ1) is 19.6. The molecule has 4 N–H and O–H groups in total. The number of rotatable bonds is 5. The Labute approximate surface area is 243 Å². The summed E-state index contributed by atoms with van der Waals surface area (Å²) in [7, 11) is 6.74. The van der Waals surface area contributed by atoms with E-state index in [2.05, 4.69) is 6.58 Å². The molecule has 0 bridgehead atoms. The van der Waals surface area contributed by atoms with E-state index < -0.39 is 64.4 Å². The molecule has 10 heteroatoms. The number of ketones is 4. The zero-order valence-electron chi connectivity index (χ0n) is 24.3. The number of fused-ring (bicyclic) bond motifs is 3. The number of phenols is 1. The van der Waals surface area contributed by atoms with E-state index in [0.29, 0.717) is 22.4 Å². The predicted molar refractivity (Wildman–Crippen MR) is 156 cm³/mol. The largest absolute Gasteiger partial charge is 0.507 e. The van der Waals surface area contributed by atoms with Gasteiger partial charge in [-0.15, -0.1) is 0 Å². The fourth-order valence-corrected chi connectivity index (χ4v) is 7.22. The number of anilines is 1. The molecule has 0 radical (unpaired) electrons. The van der Waals surface area contributed by atoms with Gasteiger partial charge in [-0.3, -0.25) is 28.9 Å². The van der Waals surface area contributed by atoms with Crippen LogP contribution in [0.2, 0.25) is 0 Å². The lowest BCUT2D eigenvalue weighted by molar-refractivity contribution is -0.181. The molecule has 2 aromatic rings. The number of nitrogens with two attached hydrogens (primary N) is 1. The summed E-state index contributed by atoms with van der Waals surface area (Å²) in [4.78, 5) is 70.6. The van der Waals surface area contributed by atoms with Crippen molar-refractivity contribution in [3.8, 4) is 16.9 Å². The summed E-state index contributed by atoms with van der Waals surface area (Å²) in [6, 6.07) is 8.00. The number of phenolic OH excluding ortho intramolecular Hbond substituents is 1. The zero-order valence-corrected chi connectivity index (χ0v) is 24.3. The molecule has 0 aliphatic heterocycles. The SMILES string of the molecule is C=C(C)c1cccc(-c2cc(N(C)C)c3c(c2O)C(=O)C2C(=O)[C@@]4(O)C(=O)C(C(N)=O)C(=O)[C@H](N(C)C)[C@H]4C[C@H]2C3)c1. The zero-order chi connectivity index (χ0) is 31.0. The number of hydrogen-bond acceptors (Lipinski definition) is 9. The van der Waals surface area contributed by atoms with Gasteiger partial charge < -0.3 is 20.8 Å². The van der Waals surface area contributed by atoms with Crippen LogP contribution in [-0.2, 0) is 25.6 Å². The first-order valence-corrected chi connectivity index (χ1v) is 13.8. The number of likely N-dealkylation sites (N-methyl/N-ethyl adjacent to an activating group) is 1. The van der Waals surface area contributed by atoms with Gasteiger partial charge in [0.05, 0.1) is 17.5 Å². The maximum absolute atomic E-state index is 14.2. The van der Waals surface area contributed by atoms with E-state index in [1.54, 1.807) is 26.2 Å². The molecule has 5 rings (SSSR count). The summed E-state index contributed by atoms with van der Waals surface area (Å²) in [6.45, 7) is 5.84. The number of carbonyl (C=O) groups is 5. The molecule has 220 valence electrons. The van der Waals surface area contributed by atoms with Crippen molar-refractivity contribution in [3.05, 3.63) is 53.6 Å². The number of Topliss-reactive ketones (excluding diaryl/α,β-unsaturated/α-hetero) is 4. The van der Waals surface area contributed by atoms with E-state index >= 15 is 0 Å². The van der Waals surface area contributed by atoms with E-state index in [1.165, 1.54) is 4.90 Å². The van der Waals surface area contributed by atoms with Crippen molar-refractivity contribution >= 4 is 40.3 Å². The fourth-order valence-electron chi connectivity index (χ4n) is 7.22. The van der Waals surface area contributed by atoms with Crippen LogP contribution in [-0.4, -0.2) is 84.0 Å². The van der Waals surface area contributed by atoms with Gasteiger partial charge in [-0.1, -0.05) is 30.4 Å². The van der Waals surface area contributed by atoms with Crippen LogP contribution in [0.25, 0.3) is 16.7 Å². The number of allylic oxidation sites excluding steroid dienone is 1. The Hall–Kier alpha value is -4.15. The molecule has 2 saturated carbocycles. The van der Waals surface area contributed by atoms with Crippen LogP contribution in [0.5, 0.6) is 5.75 Å². The molecular formula is C32H35N3O7. The van der Waals surface area contributed by atoms with Crippen molar-refractivity contribution in [1.29, 1.82) is 0 Å². The Kier molecular flexibility index (Phi) is 6.98. The summed E-state index contributed by atoms with van der Waals surface area (Å²) >= 11 is 0. The average molecular weight is 574 g/mol. The summed E-state index contributed by atoms with van der Waals surface area (Å²) in [5.41, 5.74) is 6.51. The van der Waals surface area contributed by atoms with Crippen LogP contribution in [0.3, 0.4) is 0 Å². The lowest BCUT2D eigenvalue weighted by atomic mass is 9.52. The van der Waals surface area contributed by atoms with Crippen molar-refractivity contribution in [3.63, 3.8) is 0 Å². The van der Waals surface area contributed by atoms with Crippen molar-refractivity contribution in [1.82, 2.24) is 4.90 Å². The van der Waals surface area contributed by atoms with Crippen molar-refractivity contribution in [2.24, 2.45) is 29.4 Å². The molecule has 0 aromatic heterocycles. The van der Waals surface area contributed by atoms with Crippen molar-refractivity contribution in [2.75, 3.05) is 33.1 Å². The lowest BCUT2D eigenvalue weighted by Gasteiger charge is -2.52. The fraction of sp³-hybridized carbons (Fsp3) is 0.406. The minimum absolute atomic E-state index is 0.0000655. The maximum atomic E-state index is 14.2. The molecular weight excluding hydrogens is 538 g/mol. The summed E-state index contributed by atoms with van der Waals surface area (Å²) < 4.78 is 0. The van der Waals surface area contributed by atoms with Crippen LogP contribution >= 0.6 is 0 Å². The van der Waals surface area contributed by atoms with E-state index in [-0.39, 0.29) is 24.2 Å². The van der Waals surface area contributed by atoms with E-state index in [4.69, 9.17) is 5.73 Å². The van der Waals surface area contributed by atoms with Gasteiger partial charge in [0.2, 0.25) is 5.91 Å². The van der Waals surface area contributed by atoms with Crippen LogP contribution in [0, 0.1) is 23.7 Å². The lowest BCUT2D eigenvalue weighted by Crippen LogP contribution is -2.74. The molecule has 2 aromatic carbocycles. The molecule has 10 nitrogen and oxygen atoms in total. The molecule has 0 spiro atoms. The molecule has 1 amide bonds. The molecule has 3 aliphatic rings.